The van der Waals surface area contributed by atoms with Gasteiger partial charge in [0.1, 0.15) is 0 Å². The molecule has 0 amide bonds. The number of aromatic carboxylic acids is 2. The van der Waals surface area contributed by atoms with E-state index in [9.17, 15) is 9.59 Å². The average Bonchev–Trinajstić information content (AvgIpc) is 2.65. The van der Waals surface area contributed by atoms with E-state index in [-0.39, 0.29) is 11.1 Å². The lowest BCUT2D eigenvalue weighted by atomic mass is 10.1. The maximum absolute atomic E-state index is 10.3. The van der Waals surface area contributed by atoms with Crippen molar-refractivity contribution in [3.8, 4) is 0 Å². The van der Waals surface area contributed by atoms with Crippen molar-refractivity contribution in [2.45, 2.75) is 0 Å². The number of rotatable bonds is 2. The largest absolute Gasteiger partial charge is 0.478 e. The maximum Gasteiger partial charge on any atom is 0.335 e. The number of benzene rings is 1. The van der Waals surface area contributed by atoms with E-state index >= 15 is 0 Å². The standard InChI is InChI=1S/C8H6O4.2C5H5N/c9-7(10)5-1-2-6(4-3-5)8(11)12;2*1-2-4-6-5-3-1/h1-4H,(H,9,10)(H,11,12);2*1-5H. The highest BCUT2D eigenvalue weighted by Crippen LogP contribution is 2.03. The van der Waals surface area contributed by atoms with Gasteiger partial charge in [0, 0.05) is 24.8 Å². The minimum absolute atomic E-state index is 0.0833. The summed E-state index contributed by atoms with van der Waals surface area (Å²) in [5.74, 6) is -2.13. The van der Waals surface area contributed by atoms with Crippen LogP contribution in [0.1, 0.15) is 20.7 Å². The van der Waals surface area contributed by atoms with Crippen LogP contribution < -0.4 is 0 Å². The molecule has 2 aromatic heterocycles. The van der Waals surface area contributed by atoms with Gasteiger partial charge in [0.15, 0.2) is 0 Å². The normalized spacial score (nSPS) is 8.67. The summed E-state index contributed by atoms with van der Waals surface area (Å²) in [6.07, 6.45) is 7.00. The van der Waals surface area contributed by atoms with Crippen LogP contribution in [0.4, 0.5) is 0 Å². The second kappa shape index (κ2) is 11.1. The van der Waals surface area contributed by atoms with Gasteiger partial charge in [0.2, 0.25) is 0 Å². The lowest BCUT2D eigenvalue weighted by Gasteiger charge is -1.94. The van der Waals surface area contributed by atoms with Crippen LogP contribution in [0, 0.1) is 0 Å². The lowest BCUT2D eigenvalue weighted by molar-refractivity contribution is 0.0681. The van der Waals surface area contributed by atoms with Crippen molar-refractivity contribution in [1.82, 2.24) is 9.97 Å². The van der Waals surface area contributed by atoms with Crippen molar-refractivity contribution in [2.75, 3.05) is 0 Å². The summed E-state index contributed by atoms with van der Waals surface area (Å²) in [5, 5.41) is 16.9. The van der Waals surface area contributed by atoms with Crippen molar-refractivity contribution in [3.63, 3.8) is 0 Å². The van der Waals surface area contributed by atoms with Gasteiger partial charge >= 0.3 is 11.9 Å². The first-order valence-corrected chi connectivity index (χ1v) is 6.88. The highest BCUT2D eigenvalue weighted by molar-refractivity contribution is 5.91. The first kappa shape index (κ1) is 18.5. The first-order chi connectivity index (χ1) is 11.6. The Labute approximate surface area is 139 Å². The summed E-state index contributed by atoms with van der Waals surface area (Å²) < 4.78 is 0. The molecule has 3 rings (SSSR count). The van der Waals surface area contributed by atoms with E-state index in [4.69, 9.17) is 10.2 Å². The molecule has 6 nitrogen and oxygen atoms in total. The topological polar surface area (TPSA) is 100 Å². The summed E-state index contributed by atoms with van der Waals surface area (Å²) in [5.41, 5.74) is 0.167. The van der Waals surface area contributed by atoms with Gasteiger partial charge in [0.25, 0.3) is 0 Å². The number of hydrogen-bond acceptors (Lipinski definition) is 4. The van der Waals surface area contributed by atoms with Crippen molar-refractivity contribution in [3.05, 3.63) is 96.6 Å². The fraction of sp³-hybridized carbons (Fsp3) is 0. The Hall–Kier alpha value is -3.54. The first-order valence-electron chi connectivity index (χ1n) is 6.88. The van der Waals surface area contributed by atoms with Gasteiger partial charge in [-0.2, -0.15) is 0 Å². The van der Waals surface area contributed by atoms with Crippen LogP contribution in [0.5, 0.6) is 0 Å². The minimum atomic E-state index is -1.06. The third-order valence-corrected chi connectivity index (χ3v) is 2.51. The second-order valence-corrected chi connectivity index (χ2v) is 4.24. The second-order valence-electron chi connectivity index (χ2n) is 4.24. The minimum Gasteiger partial charge on any atom is -0.478 e. The molecule has 0 atom stereocenters. The number of pyridine rings is 2. The average molecular weight is 324 g/mol. The number of carboxylic acids is 2. The molecule has 0 bridgehead atoms. The van der Waals surface area contributed by atoms with Crippen LogP contribution >= 0.6 is 0 Å². The predicted octanol–water partition coefficient (Wildman–Crippen LogP) is 3.25. The van der Waals surface area contributed by atoms with E-state index in [0.717, 1.165) is 0 Å². The van der Waals surface area contributed by atoms with Crippen molar-refractivity contribution >= 4 is 11.9 Å². The Morgan fingerprint density at radius 3 is 1.00 bits per heavy atom. The SMILES string of the molecule is O=C(O)c1ccc(C(=O)O)cc1.c1ccncc1.c1ccncc1. The van der Waals surface area contributed by atoms with E-state index in [2.05, 4.69) is 9.97 Å². The van der Waals surface area contributed by atoms with Gasteiger partial charge < -0.3 is 10.2 Å². The van der Waals surface area contributed by atoms with Crippen LogP contribution in [-0.2, 0) is 0 Å². The number of aromatic nitrogens is 2. The molecule has 0 spiro atoms. The fourth-order valence-electron chi connectivity index (χ4n) is 1.38. The summed E-state index contributed by atoms with van der Waals surface area (Å²) in [6.45, 7) is 0. The monoisotopic (exact) mass is 324 g/mol. The molecule has 0 saturated heterocycles. The van der Waals surface area contributed by atoms with Gasteiger partial charge in [-0.15, -0.1) is 0 Å². The molecule has 6 heteroatoms. The molecule has 0 saturated carbocycles. The fourth-order valence-corrected chi connectivity index (χ4v) is 1.38. The van der Waals surface area contributed by atoms with E-state index in [1.807, 2.05) is 36.4 Å². The third-order valence-electron chi connectivity index (χ3n) is 2.51. The van der Waals surface area contributed by atoms with Gasteiger partial charge in [-0.05, 0) is 48.5 Å². The Morgan fingerprint density at radius 2 is 0.875 bits per heavy atom. The van der Waals surface area contributed by atoms with E-state index in [1.165, 1.54) is 24.3 Å². The summed E-state index contributed by atoms with van der Waals surface area (Å²) in [6, 6.07) is 16.5. The summed E-state index contributed by atoms with van der Waals surface area (Å²) in [4.78, 5) is 28.2. The Bertz CT molecular complexity index is 599. The van der Waals surface area contributed by atoms with E-state index in [1.54, 1.807) is 24.8 Å². The Kier molecular flexibility index (Phi) is 8.55. The molecule has 0 aliphatic heterocycles. The predicted molar refractivity (Wildman–Crippen MR) is 88.8 cm³/mol. The number of hydrogen-bond donors (Lipinski definition) is 2. The molecule has 0 aliphatic rings. The zero-order valence-corrected chi connectivity index (χ0v) is 12.7. The van der Waals surface area contributed by atoms with Gasteiger partial charge in [-0.3, -0.25) is 9.97 Å². The van der Waals surface area contributed by atoms with E-state index < -0.39 is 11.9 Å². The molecular weight excluding hydrogens is 308 g/mol. The van der Waals surface area contributed by atoms with Crippen LogP contribution in [0.2, 0.25) is 0 Å². The molecule has 122 valence electrons. The number of nitrogens with zero attached hydrogens (tertiary/aromatic N) is 2. The van der Waals surface area contributed by atoms with Crippen molar-refractivity contribution in [2.24, 2.45) is 0 Å². The smallest absolute Gasteiger partial charge is 0.335 e. The van der Waals surface area contributed by atoms with E-state index in [0.29, 0.717) is 0 Å². The molecule has 2 N–H and O–H groups in total. The molecule has 3 aromatic rings. The van der Waals surface area contributed by atoms with Crippen molar-refractivity contribution < 1.29 is 19.8 Å². The zero-order chi connectivity index (χ0) is 17.6. The summed E-state index contributed by atoms with van der Waals surface area (Å²) in [7, 11) is 0. The molecule has 0 radical (unpaired) electrons. The van der Waals surface area contributed by atoms with Gasteiger partial charge in [0.05, 0.1) is 11.1 Å². The number of carbonyl (C=O) groups is 2. The Balaban J connectivity index is 0.000000200. The van der Waals surface area contributed by atoms with Crippen LogP contribution in [0.25, 0.3) is 0 Å². The number of carboxylic acid groups (broad SMARTS) is 2. The summed E-state index contributed by atoms with van der Waals surface area (Å²) >= 11 is 0. The van der Waals surface area contributed by atoms with Crippen molar-refractivity contribution in [1.29, 1.82) is 0 Å². The molecule has 24 heavy (non-hydrogen) atoms. The highest BCUT2D eigenvalue weighted by Gasteiger charge is 2.04. The molecule has 0 aliphatic carbocycles. The highest BCUT2D eigenvalue weighted by atomic mass is 16.4. The van der Waals surface area contributed by atoms with Crippen LogP contribution in [-0.4, -0.2) is 32.1 Å². The Morgan fingerprint density at radius 1 is 0.583 bits per heavy atom. The quantitative estimate of drug-likeness (QED) is 0.750. The van der Waals surface area contributed by atoms with Gasteiger partial charge in [-0.25, -0.2) is 9.59 Å². The molecular formula is C18H16N2O4. The zero-order valence-electron chi connectivity index (χ0n) is 12.7. The van der Waals surface area contributed by atoms with Crippen LogP contribution in [0.3, 0.4) is 0 Å². The third kappa shape index (κ3) is 8.04. The maximum atomic E-state index is 10.3. The molecule has 0 unspecified atom stereocenters. The van der Waals surface area contributed by atoms with Gasteiger partial charge in [-0.1, -0.05) is 12.1 Å². The molecule has 2 heterocycles. The van der Waals surface area contributed by atoms with Crippen LogP contribution in [0.15, 0.2) is 85.5 Å². The lowest BCUT2D eigenvalue weighted by Crippen LogP contribution is -1.99. The molecule has 0 fully saturated rings. The molecule has 1 aromatic carbocycles.